The van der Waals surface area contributed by atoms with E-state index in [1.807, 2.05) is 0 Å². The largest absolute Gasteiger partial charge is 0.454 e. The highest BCUT2D eigenvalue weighted by Crippen LogP contribution is 2.51. The van der Waals surface area contributed by atoms with Crippen LogP contribution in [0.5, 0.6) is 0 Å². The molecule has 0 radical (unpaired) electrons. The topological polar surface area (TPSA) is 22.9 Å². The van der Waals surface area contributed by atoms with E-state index in [0.717, 1.165) is 39.0 Å². The molecule has 0 saturated heterocycles. The summed E-state index contributed by atoms with van der Waals surface area (Å²) in [6, 6.07) is 58.4. The normalized spacial score (nSPS) is 13.1. The maximum atomic E-state index is 7.18. The van der Waals surface area contributed by atoms with Gasteiger partial charge in [-0.1, -0.05) is 142 Å². The summed E-state index contributed by atoms with van der Waals surface area (Å²) < 4.78 is 7.18. The average molecular weight is 804 g/mol. The SMILES string of the molecule is Cc1ccccc1N1c2cc(N(c3ccccc3C)c3cccc4c3oc3c(C(C)(C)C)cccc34)cc3c2B(c2cccc(C)c21)c1cccc(C)c1N3c1ccccc1C. The zero-order valence-electron chi connectivity index (χ0n) is 36.8. The number of fused-ring (bicyclic) bond motifs is 7. The van der Waals surface area contributed by atoms with Crippen LogP contribution in [0.4, 0.5) is 51.2 Å². The number of hydrogen-bond donors (Lipinski definition) is 0. The third-order valence-electron chi connectivity index (χ3n) is 13.4. The Morgan fingerprint density at radius 3 is 1.47 bits per heavy atom. The molecule has 0 amide bonds. The molecule has 1 aromatic heterocycles. The van der Waals surface area contributed by atoms with E-state index < -0.39 is 0 Å². The Bertz CT molecular complexity index is 3160. The first kappa shape index (κ1) is 38.0. The van der Waals surface area contributed by atoms with Crippen LogP contribution in [0, 0.1) is 34.6 Å². The predicted octanol–water partition coefficient (Wildman–Crippen LogP) is 14.0. The maximum absolute atomic E-state index is 7.18. The highest BCUT2D eigenvalue weighted by molar-refractivity contribution is 7.00. The molecule has 0 saturated carbocycles. The molecule has 5 heteroatoms. The molecule has 3 heterocycles. The molecule has 0 N–H and O–H groups in total. The molecule has 302 valence electrons. The van der Waals surface area contributed by atoms with Crippen molar-refractivity contribution in [1.29, 1.82) is 0 Å². The number of hydrogen-bond acceptors (Lipinski definition) is 4. The molecule has 11 rings (SSSR count). The zero-order chi connectivity index (χ0) is 42.6. The second kappa shape index (κ2) is 14.0. The number of para-hydroxylation sites is 7. The lowest BCUT2D eigenvalue weighted by Crippen LogP contribution is -2.61. The van der Waals surface area contributed by atoms with Gasteiger partial charge in [-0.15, -0.1) is 0 Å². The molecule has 2 aliphatic rings. The van der Waals surface area contributed by atoms with E-state index in [9.17, 15) is 0 Å². The minimum absolute atomic E-state index is 0.0147. The summed E-state index contributed by atoms with van der Waals surface area (Å²) in [6.45, 7) is 18.0. The molecular formula is C57H50BN3O. The van der Waals surface area contributed by atoms with Crippen molar-refractivity contribution in [3.05, 3.63) is 191 Å². The van der Waals surface area contributed by atoms with E-state index in [4.69, 9.17) is 4.42 Å². The van der Waals surface area contributed by atoms with Gasteiger partial charge in [0.05, 0.1) is 11.4 Å². The minimum atomic E-state index is -0.0954. The van der Waals surface area contributed by atoms with Crippen molar-refractivity contribution < 1.29 is 4.42 Å². The van der Waals surface area contributed by atoms with Crippen molar-refractivity contribution in [3.8, 4) is 0 Å². The van der Waals surface area contributed by atoms with Crippen molar-refractivity contribution in [2.45, 2.75) is 60.8 Å². The number of anilines is 9. The predicted molar refractivity (Wildman–Crippen MR) is 265 cm³/mol. The third-order valence-corrected chi connectivity index (χ3v) is 13.4. The second-order valence-corrected chi connectivity index (χ2v) is 18.4. The monoisotopic (exact) mass is 803 g/mol. The van der Waals surface area contributed by atoms with Crippen LogP contribution in [0.1, 0.15) is 54.2 Å². The number of rotatable bonds is 5. The summed E-state index contributed by atoms with van der Waals surface area (Å²) in [7, 11) is 0. The minimum Gasteiger partial charge on any atom is -0.454 e. The molecule has 8 aromatic carbocycles. The summed E-state index contributed by atoms with van der Waals surface area (Å²) in [4.78, 5) is 7.57. The van der Waals surface area contributed by atoms with Crippen molar-refractivity contribution in [3.63, 3.8) is 0 Å². The van der Waals surface area contributed by atoms with Gasteiger partial charge >= 0.3 is 0 Å². The molecule has 0 aliphatic carbocycles. The summed E-state index contributed by atoms with van der Waals surface area (Å²) in [5.41, 5.74) is 23.4. The number of furan rings is 1. The van der Waals surface area contributed by atoms with Crippen LogP contribution >= 0.6 is 0 Å². The molecule has 0 spiro atoms. The van der Waals surface area contributed by atoms with Crippen molar-refractivity contribution in [2.75, 3.05) is 14.7 Å². The zero-order valence-corrected chi connectivity index (χ0v) is 36.8. The Labute approximate surface area is 365 Å². The Balaban J connectivity index is 1.30. The van der Waals surface area contributed by atoms with E-state index in [-0.39, 0.29) is 12.1 Å². The van der Waals surface area contributed by atoms with Gasteiger partial charge in [0, 0.05) is 56.1 Å². The highest BCUT2D eigenvalue weighted by Gasteiger charge is 2.45. The summed E-state index contributed by atoms with van der Waals surface area (Å²) in [6.07, 6.45) is 0. The van der Waals surface area contributed by atoms with Gasteiger partial charge in [-0.3, -0.25) is 0 Å². The van der Waals surface area contributed by atoms with E-state index in [0.29, 0.717) is 0 Å². The van der Waals surface area contributed by atoms with Gasteiger partial charge in [0.1, 0.15) is 5.58 Å². The number of benzene rings is 8. The molecule has 2 aliphatic heterocycles. The van der Waals surface area contributed by atoms with Crippen LogP contribution in [-0.2, 0) is 5.41 Å². The molecular weight excluding hydrogens is 753 g/mol. The molecule has 0 fully saturated rings. The Hall–Kier alpha value is -6.98. The smallest absolute Gasteiger partial charge is 0.252 e. The van der Waals surface area contributed by atoms with E-state index in [2.05, 4.69) is 228 Å². The lowest BCUT2D eigenvalue weighted by molar-refractivity contribution is 0.573. The van der Waals surface area contributed by atoms with Crippen LogP contribution < -0.4 is 31.1 Å². The van der Waals surface area contributed by atoms with E-state index in [1.54, 1.807) is 0 Å². The fraction of sp³-hybridized carbons (Fsp3) is 0.158. The number of aryl methyl sites for hydroxylation is 5. The van der Waals surface area contributed by atoms with Gasteiger partial charge in [-0.2, -0.15) is 0 Å². The highest BCUT2D eigenvalue weighted by atomic mass is 16.3. The molecule has 4 nitrogen and oxygen atoms in total. The quantitative estimate of drug-likeness (QED) is 0.162. The molecule has 9 aromatic rings. The summed E-state index contributed by atoms with van der Waals surface area (Å²) >= 11 is 0. The first-order valence-corrected chi connectivity index (χ1v) is 21.9. The fourth-order valence-corrected chi connectivity index (χ4v) is 10.5. The van der Waals surface area contributed by atoms with E-state index >= 15 is 0 Å². The second-order valence-electron chi connectivity index (χ2n) is 18.4. The average Bonchev–Trinajstić information content (AvgIpc) is 3.65. The first-order chi connectivity index (χ1) is 30.0. The van der Waals surface area contributed by atoms with Crippen molar-refractivity contribution in [1.82, 2.24) is 0 Å². The Morgan fingerprint density at radius 1 is 0.452 bits per heavy atom. The van der Waals surface area contributed by atoms with Crippen LogP contribution in [0.3, 0.4) is 0 Å². The van der Waals surface area contributed by atoms with Gasteiger partial charge in [0.2, 0.25) is 0 Å². The van der Waals surface area contributed by atoms with Gasteiger partial charge in [0.25, 0.3) is 6.71 Å². The van der Waals surface area contributed by atoms with Crippen molar-refractivity contribution in [2.24, 2.45) is 0 Å². The summed E-state index contributed by atoms with van der Waals surface area (Å²) in [5.74, 6) is 0. The lowest BCUT2D eigenvalue weighted by atomic mass is 9.33. The number of nitrogens with zero attached hydrogens (tertiary/aromatic N) is 3. The van der Waals surface area contributed by atoms with Crippen LogP contribution in [0.15, 0.2) is 162 Å². The Morgan fingerprint density at radius 2 is 0.919 bits per heavy atom. The lowest BCUT2D eigenvalue weighted by Gasteiger charge is -2.46. The van der Waals surface area contributed by atoms with E-state index in [1.165, 1.54) is 83.9 Å². The molecule has 0 atom stereocenters. The standard InChI is InChI=1S/C57H50BN3O/c1-35-19-9-12-29-46(35)59(49-32-18-25-42-41-24-17-26-43(57(6,7)8)55(41)62-56(42)49)40-33-50-52-51(34-40)61(48-31-14-11-21-37(48)3)54-39(5)23-16-28-45(54)58(52)44-27-15-22-38(4)53(44)60(50)47-30-13-10-20-36(47)2/h9-34H,1-8H3. The van der Waals surface area contributed by atoms with Crippen LogP contribution in [-0.4, -0.2) is 6.71 Å². The van der Waals surface area contributed by atoms with Crippen LogP contribution in [0.2, 0.25) is 0 Å². The van der Waals surface area contributed by atoms with Crippen molar-refractivity contribution >= 4 is 96.2 Å². The van der Waals surface area contributed by atoms with Gasteiger partial charge in [-0.05, 0) is 121 Å². The van der Waals surface area contributed by atoms with Gasteiger partial charge in [-0.25, -0.2) is 0 Å². The Kier molecular flexibility index (Phi) is 8.60. The third kappa shape index (κ3) is 5.60. The summed E-state index contributed by atoms with van der Waals surface area (Å²) in [5, 5.41) is 2.25. The molecule has 0 unspecified atom stereocenters. The maximum Gasteiger partial charge on any atom is 0.252 e. The van der Waals surface area contributed by atoms with Crippen LogP contribution in [0.25, 0.3) is 21.9 Å². The van der Waals surface area contributed by atoms with Gasteiger partial charge < -0.3 is 19.1 Å². The van der Waals surface area contributed by atoms with Gasteiger partial charge in [0.15, 0.2) is 5.58 Å². The molecule has 0 bridgehead atoms. The molecule has 62 heavy (non-hydrogen) atoms. The fourth-order valence-electron chi connectivity index (χ4n) is 10.5. The first-order valence-electron chi connectivity index (χ1n) is 21.9.